The molecule has 3 nitrogen and oxygen atoms in total. The number of hydrogen-bond acceptors (Lipinski definition) is 3. The van der Waals surface area contributed by atoms with Gasteiger partial charge in [0, 0.05) is 0 Å². The van der Waals surface area contributed by atoms with Crippen LogP contribution in [0.25, 0.3) is 0 Å². The van der Waals surface area contributed by atoms with Gasteiger partial charge in [0.2, 0.25) is 0 Å². The molecule has 0 spiro atoms. The van der Waals surface area contributed by atoms with Gasteiger partial charge in [-0.1, -0.05) is 6.07 Å². The maximum absolute atomic E-state index is 11.6. The second kappa shape index (κ2) is 3.81. The van der Waals surface area contributed by atoms with E-state index in [2.05, 4.69) is 11.4 Å². The molecule has 1 atom stereocenters. The second-order valence-electron chi connectivity index (χ2n) is 3.39. The number of amides is 1. The van der Waals surface area contributed by atoms with Crippen LogP contribution < -0.4 is 5.32 Å². The molecule has 1 heterocycles. The van der Waals surface area contributed by atoms with Crippen LogP contribution >= 0.6 is 11.3 Å². The molecule has 0 saturated heterocycles. The molecule has 1 amide bonds. The zero-order chi connectivity index (χ0) is 9.97. The van der Waals surface area contributed by atoms with E-state index >= 15 is 0 Å². The normalized spacial score (nSPS) is 17.1. The fourth-order valence-corrected chi connectivity index (χ4v) is 1.93. The SMILES string of the molecule is N#CC(NC(=O)c1cccs1)C1CC1. The van der Waals surface area contributed by atoms with Gasteiger partial charge in [0.1, 0.15) is 6.04 Å². The number of nitrogens with zero attached hydrogens (tertiary/aromatic N) is 1. The van der Waals surface area contributed by atoms with E-state index in [9.17, 15) is 4.79 Å². The number of rotatable bonds is 3. The molecule has 1 fully saturated rings. The van der Waals surface area contributed by atoms with Crippen molar-refractivity contribution in [3.63, 3.8) is 0 Å². The summed E-state index contributed by atoms with van der Waals surface area (Å²) in [7, 11) is 0. The van der Waals surface area contributed by atoms with Crippen LogP contribution in [0.15, 0.2) is 17.5 Å². The van der Waals surface area contributed by atoms with Crippen molar-refractivity contribution in [1.29, 1.82) is 5.26 Å². The van der Waals surface area contributed by atoms with E-state index < -0.39 is 0 Å². The Bertz CT molecular complexity index is 362. The summed E-state index contributed by atoms with van der Waals surface area (Å²) in [4.78, 5) is 12.2. The summed E-state index contributed by atoms with van der Waals surface area (Å²) < 4.78 is 0. The van der Waals surface area contributed by atoms with Gasteiger partial charge in [0.05, 0.1) is 10.9 Å². The highest BCUT2D eigenvalue weighted by Crippen LogP contribution is 2.32. The fraction of sp³-hybridized carbons (Fsp3) is 0.400. The molecule has 0 aromatic carbocycles. The lowest BCUT2D eigenvalue weighted by atomic mass is 10.2. The monoisotopic (exact) mass is 206 g/mol. The summed E-state index contributed by atoms with van der Waals surface area (Å²) in [5.41, 5.74) is 0. The van der Waals surface area contributed by atoms with E-state index in [1.54, 1.807) is 6.07 Å². The Kier molecular flexibility index (Phi) is 2.51. The molecule has 0 bridgehead atoms. The Morgan fingerprint density at radius 1 is 1.71 bits per heavy atom. The van der Waals surface area contributed by atoms with Crippen LogP contribution in [-0.4, -0.2) is 11.9 Å². The Labute approximate surface area is 86.4 Å². The lowest BCUT2D eigenvalue weighted by molar-refractivity contribution is 0.0946. The zero-order valence-electron chi connectivity index (χ0n) is 7.56. The van der Waals surface area contributed by atoms with Crippen molar-refractivity contribution >= 4 is 17.2 Å². The van der Waals surface area contributed by atoms with Crippen molar-refractivity contribution in [3.05, 3.63) is 22.4 Å². The smallest absolute Gasteiger partial charge is 0.262 e. The molecule has 0 aliphatic heterocycles. The third kappa shape index (κ3) is 1.94. The summed E-state index contributed by atoms with van der Waals surface area (Å²) in [6.45, 7) is 0. The van der Waals surface area contributed by atoms with Crippen LogP contribution in [0, 0.1) is 17.2 Å². The first kappa shape index (κ1) is 9.22. The van der Waals surface area contributed by atoms with Gasteiger partial charge < -0.3 is 5.32 Å². The van der Waals surface area contributed by atoms with E-state index in [1.807, 2.05) is 11.4 Å². The van der Waals surface area contributed by atoms with Crippen molar-refractivity contribution in [1.82, 2.24) is 5.32 Å². The highest BCUT2D eigenvalue weighted by Gasteiger charge is 2.32. The van der Waals surface area contributed by atoms with Crippen molar-refractivity contribution in [2.75, 3.05) is 0 Å². The minimum atomic E-state index is -0.301. The fourth-order valence-electron chi connectivity index (χ4n) is 1.31. The molecule has 1 aliphatic carbocycles. The predicted molar refractivity (Wildman–Crippen MR) is 53.9 cm³/mol. The first-order valence-electron chi connectivity index (χ1n) is 4.55. The van der Waals surface area contributed by atoms with Crippen molar-refractivity contribution in [3.8, 4) is 6.07 Å². The van der Waals surface area contributed by atoms with Crippen molar-refractivity contribution in [2.24, 2.45) is 5.92 Å². The van der Waals surface area contributed by atoms with Gasteiger partial charge in [-0.3, -0.25) is 4.79 Å². The van der Waals surface area contributed by atoms with Crippen molar-refractivity contribution in [2.45, 2.75) is 18.9 Å². The average Bonchev–Trinajstić information content (AvgIpc) is 2.88. The highest BCUT2D eigenvalue weighted by molar-refractivity contribution is 7.12. The van der Waals surface area contributed by atoms with Gasteiger partial charge >= 0.3 is 0 Å². The van der Waals surface area contributed by atoms with Gasteiger partial charge in [-0.2, -0.15) is 5.26 Å². The third-order valence-corrected chi connectivity index (χ3v) is 3.13. The van der Waals surface area contributed by atoms with Crippen molar-refractivity contribution < 1.29 is 4.79 Å². The molecule has 1 saturated carbocycles. The maximum Gasteiger partial charge on any atom is 0.262 e. The standard InChI is InChI=1S/C10H10N2OS/c11-6-8(7-3-4-7)12-10(13)9-2-1-5-14-9/h1-2,5,7-8H,3-4H2,(H,12,13). The van der Waals surface area contributed by atoms with Crippen LogP contribution in [0.1, 0.15) is 22.5 Å². The molecular weight excluding hydrogens is 196 g/mol. The molecule has 1 aromatic heterocycles. The molecule has 1 aromatic rings. The van der Waals surface area contributed by atoms with Crippen LogP contribution in [0.5, 0.6) is 0 Å². The van der Waals surface area contributed by atoms with Crippen LogP contribution in [0.3, 0.4) is 0 Å². The summed E-state index contributed by atoms with van der Waals surface area (Å²) in [6, 6.07) is 5.42. The first-order valence-corrected chi connectivity index (χ1v) is 5.43. The number of nitrogens with one attached hydrogen (secondary N) is 1. The minimum absolute atomic E-state index is 0.126. The van der Waals surface area contributed by atoms with Crippen LogP contribution in [0.2, 0.25) is 0 Å². The lowest BCUT2D eigenvalue weighted by Crippen LogP contribution is -2.34. The van der Waals surface area contributed by atoms with Gasteiger partial charge in [-0.05, 0) is 30.2 Å². The molecular formula is C10H10N2OS. The van der Waals surface area contributed by atoms with E-state index in [1.165, 1.54) is 11.3 Å². The summed E-state index contributed by atoms with van der Waals surface area (Å²) in [6.07, 6.45) is 2.12. The van der Waals surface area contributed by atoms with Gasteiger partial charge in [-0.15, -0.1) is 11.3 Å². The van der Waals surface area contributed by atoms with Gasteiger partial charge in [0.25, 0.3) is 5.91 Å². The molecule has 0 radical (unpaired) electrons. The molecule has 4 heteroatoms. The topological polar surface area (TPSA) is 52.9 Å². The molecule has 14 heavy (non-hydrogen) atoms. The maximum atomic E-state index is 11.6. The molecule has 72 valence electrons. The molecule has 2 rings (SSSR count). The zero-order valence-corrected chi connectivity index (χ0v) is 8.38. The second-order valence-corrected chi connectivity index (χ2v) is 4.34. The minimum Gasteiger partial charge on any atom is -0.335 e. The highest BCUT2D eigenvalue weighted by atomic mass is 32.1. The van der Waals surface area contributed by atoms with E-state index in [4.69, 9.17) is 5.26 Å². The van der Waals surface area contributed by atoms with E-state index in [-0.39, 0.29) is 11.9 Å². The lowest BCUT2D eigenvalue weighted by Gasteiger charge is -2.08. The number of nitriles is 1. The number of carbonyl (C=O) groups excluding carboxylic acids is 1. The number of carbonyl (C=O) groups is 1. The molecule has 1 aliphatic rings. The largest absolute Gasteiger partial charge is 0.335 e. The summed E-state index contributed by atoms with van der Waals surface area (Å²) in [5.74, 6) is 0.252. The summed E-state index contributed by atoms with van der Waals surface area (Å²) >= 11 is 1.39. The van der Waals surface area contributed by atoms with Crippen LogP contribution in [-0.2, 0) is 0 Å². The Morgan fingerprint density at radius 2 is 2.50 bits per heavy atom. The first-order chi connectivity index (χ1) is 6.81. The number of thiophene rings is 1. The quantitative estimate of drug-likeness (QED) is 0.819. The Morgan fingerprint density at radius 3 is 3.00 bits per heavy atom. The Balaban J connectivity index is 1.97. The van der Waals surface area contributed by atoms with E-state index in [0.717, 1.165) is 12.8 Å². The molecule has 1 N–H and O–H groups in total. The third-order valence-electron chi connectivity index (χ3n) is 2.26. The number of hydrogen-bond donors (Lipinski definition) is 1. The summed E-state index contributed by atoms with van der Waals surface area (Å²) in [5, 5.41) is 13.4. The predicted octanol–water partition coefficient (Wildman–Crippen LogP) is 1.78. The average molecular weight is 206 g/mol. The Hall–Kier alpha value is -1.34. The van der Waals surface area contributed by atoms with Gasteiger partial charge in [0.15, 0.2) is 0 Å². The molecule has 1 unspecified atom stereocenters. The van der Waals surface area contributed by atoms with E-state index in [0.29, 0.717) is 10.8 Å². The van der Waals surface area contributed by atoms with Gasteiger partial charge in [-0.25, -0.2) is 0 Å². The van der Waals surface area contributed by atoms with Crippen LogP contribution in [0.4, 0.5) is 0 Å².